The summed E-state index contributed by atoms with van der Waals surface area (Å²) in [5, 5.41) is 7.37. The number of aromatic nitrogens is 3. The Morgan fingerprint density at radius 3 is 2.44 bits per heavy atom. The molecule has 2 heterocycles. The van der Waals surface area contributed by atoms with E-state index in [1.807, 2.05) is 0 Å². The number of carbonyl (C=O) groups excluding carboxylic acids is 1. The number of hydrogen-bond acceptors (Lipinski definition) is 7. The van der Waals surface area contributed by atoms with Gasteiger partial charge < -0.3 is 13.9 Å². The number of halogens is 3. The normalized spacial score (nSPS) is 12.6. The molecule has 0 aliphatic carbocycles. The molecular weight excluding hydrogens is 472 g/mol. The summed E-state index contributed by atoms with van der Waals surface area (Å²) in [5.74, 6) is -1.32. The van der Waals surface area contributed by atoms with Crippen molar-refractivity contribution in [3.63, 3.8) is 0 Å². The molecule has 0 spiro atoms. The molecule has 3 rings (SSSR count). The largest absolute Gasteiger partial charge is 0.495 e. The lowest BCUT2D eigenvalue weighted by Gasteiger charge is -2.25. The molecule has 0 bridgehead atoms. The Morgan fingerprint density at radius 1 is 1.18 bits per heavy atom. The van der Waals surface area contributed by atoms with Crippen LogP contribution in [0.5, 0.6) is 5.75 Å². The third-order valence-corrected chi connectivity index (χ3v) is 5.03. The minimum atomic E-state index is -2.94. The lowest BCUT2D eigenvalue weighted by atomic mass is 9.99. The van der Waals surface area contributed by atoms with Gasteiger partial charge in [0.2, 0.25) is 5.89 Å². The van der Waals surface area contributed by atoms with Crippen molar-refractivity contribution >= 4 is 17.6 Å². The van der Waals surface area contributed by atoms with Crippen LogP contribution in [0, 0.1) is 0 Å². The number of methoxy groups -OCH3 is 1. The third kappa shape index (κ3) is 5.44. The molecule has 11 heteroatoms. The summed E-state index contributed by atoms with van der Waals surface area (Å²) in [5.41, 5.74) is -0.299. The van der Waals surface area contributed by atoms with E-state index in [9.17, 15) is 18.4 Å². The van der Waals surface area contributed by atoms with Crippen LogP contribution in [-0.4, -0.2) is 33.4 Å². The quantitative estimate of drug-likeness (QED) is 0.401. The molecule has 1 aromatic carbocycles. The highest BCUT2D eigenvalue weighted by molar-refractivity contribution is 6.31. The highest BCUT2D eigenvalue weighted by atomic mass is 35.5. The predicted molar refractivity (Wildman–Crippen MR) is 121 cm³/mol. The molecule has 0 fully saturated rings. The topological polar surface area (TPSA) is 96.5 Å². The average Bonchev–Trinajstić information content (AvgIpc) is 3.24. The maximum absolute atomic E-state index is 13.1. The van der Waals surface area contributed by atoms with E-state index in [0.29, 0.717) is 22.6 Å². The zero-order valence-corrected chi connectivity index (χ0v) is 20.0. The molecule has 0 saturated carbocycles. The second-order valence-electron chi connectivity index (χ2n) is 8.39. The van der Waals surface area contributed by atoms with Gasteiger partial charge in [0.15, 0.2) is 0 Å². The maximum Gasteiger partial charge on any atom is 0.329 e. The minimum absolute atomic E-state index is 0.173. The molecule has 0 aliphatic rings. The first kappa shape index (κ1) is 25.4. The van der Waals surface area contributed by atoms with Crippen molar-refractivity contribution in [2.24, 2.45) is 0 Å². The van der Waals surface area contributed by atoms with E-state index in [1.165, 1.54) is 42.1 Å². The number of hydrogen-bond donors (Lipinski definition) is 0. The van der Waals surface area contributed by atoms with Gasteiger partial charge in [-0.15, -0.1) is 10.2 Å². The Morgan fingerprint density at radius 2 is 1.88 bits per heavy atom. The number of pyridine rings is 1. The summed E-state index contributed by atoms with van der Waals surface area (Å²) in [4.78, 5) is 25.8. The van der Waals surface area contributed by atoms with Gasteiger partial charge in [-0.2, -0.15) is 8.78 Å². The van der Waals surface area contributed by atoms with Crippen molar-refractivity contribution in [1.29, 1.82) is 0 Å². The number of benzene rings is 1. The number of esters is 1. The Bertz CT molecular complexity index is 1250. The highest BCUT2D eigenvalue weighted by Gasteiger charge is 2.28. The fourth-order valence-electron chi connectivity index (χ4n) is 3.35. The second kappa shape index (κ2) is 9.92. The van der Waals surface area contributed by atoms with Crippen LogP contribution in [-0.2, 0) is 9.53 Å². The minimum Gasteiger partial charge on any atom is -0.495 e. The molecule has 0 radical (unpaired) electrons. The first-order valence-electron chi connectivity index (χ1n) is 10.4. The molecule has 34 heavy (non-hydrogen) atoms. The molecule has 182 valence electrons. The molecule has 1 unspecified atom stereocenters. The van der Waals surface area contributed by atoms with Crippen molar-refractivity contribution < 1.29 is 27.5 Å². The van der Waals surface area contributed by atoms with Crippen molar-refractivity contribution in [3.05, 3.63) is 51.7 Å². The van der Waals surface area contributed by atoms with Gasteiger partial charge in [-0.25, -0.2) is 4.79 Å². The van der Waals surface area contributed by atoms with Gasteiger partial charge in [-0.3, -0.25) is 9.36 Å². The van der Waals surface area contributed by atoms with Gasteiger partial charge in [0.1, 0.15) is 17.4 Å². The molecular formula is C23H24ClF2N3O5. The highest BCUT2D eigenvalue weighted by Crippen LogP contribution is 2.38. The Hall–Kier alpha value is -3.27. The first-order valence-corrected chi connectivity index (χ1v) is 10.8. The van der Waals surface area contributed by atoms with Crippen LogP contribution in [0.25, 0.3) is 22.6 Å². The van der Waals surface area contributed by atoms with Crippen molar-refractivity contribution in [2.75, 3.05) is 7.11 Å². The van der Waals surface area contributed by atoms with E-state index < -0.39 is 35.5 Å². The van der Waals surface area contributed by atoms with Crippen LogP contribution >= 0.6 is 11.6 Å². The standard InChI is InChI=1S/C23H24ClF2N3O5/c1-6-16(22(31)34-23(2,3)4)29-11-17(32-5)15(10-18(29)30)14-9-12(24)7-8-13(14)20-27-28-21(33-20)19(25)26/h7-11,16,19H,6H2,1-5H3. The fourth-order valence-corrected chi connectivity index (χ4v) is 3.52. The predicted octanol–water partition coefficient (Wildman–Crippen LogP) is 5.46. The van der Waals surface area contributed by atoms with E-state index in [0.717, 1.165) is 0 Å². The summed E-state index contributed by atoms with van der Waals surface area (Å²) in [6.07, 6.45) is -1.23. The van der Waals surface area contributed by atoms with Gasteiger partial charge in [0.25, 0.3) is 11.4 Å². The van der Waals surface area contributed by atoms with Gasteiger partial charge in [-0.05, 0) is 51.0 Å². The van der Waals surface area contributed by atoms with E-state index in [1.54, 1.807) is 27.7 Å². The summed E-state index contributed by atoms with van der Waals surface area (Å²) < 4.78 is 43.2. The van der Waals surface area contributed by atoms with Crippen LogP contribution in [0.15, 0.2) is 39.7 Å². The molecule has 1 atom stereocenters. The third-order valence-electron chi connectivity index (χ3n) is 4.79. The smallest absolute Gasteiger partial charge is 0.329 e. The number of ether oxygens (including phenoxy) is 2. The average molecular weight is 496 g/mol. The molecule has 2 aromatic heterocycles. The maximum atomic E-state index is 13.1. The lowest BCUT2D eigenvalue weighted by molar-refractivity contribution is -0.159. The van der Waals surface area contributed by atoms with E-state index in [2.05, 4.69) is 10.2 Å². The van der Waals surface area contributed by atoms with E-state index >= 15 is 0 Å². The Kier molecular flexibility index (Phi) is 7.40. The van der Waals surface area contributed by atoms with E-state index in [4.69, 9.17) is 25.5 Å². The number of carbonyl (C=O) groups is 1. The SMILES string of the molecule is CCC(C(=O)OC(C)(C)C)n1cc(OC)c(-c2cc(Cl)ccc2-c2nnc(C(F)F)o2)cc1=O. The van der Waals surface area contributed by atoms with Crippen LogP contribution < -0.4 is 10.3 Å². The van der Waals surface area contributed by atoms with Gasteiger partial charge in [-0.1, -0.05) is 18.5 Å². The summed E-state index contributed by atoms with van der Waals surface area (Å²) in [7, 11) is 1.40. The van der Waals surface area contributed by atoms with Crippen LogP contribution in [0.1, 0.15) is 52.5 Å². The molecule has 0 N–H and O–H groups in total. The lowest BCUT2D eigenvalue weighted by Crippen LogP contribution is -2.34. The second-order valence-corrected chi connectivity index (χ2v) is 8.83. The van der Waals surface area contributed by atoms with Crippen LogP contribution in [0.4, 0.5) is 8.78 Å². The van der Waals surface area contributed by atoms with Crippen LogP contribution in [0.2, 0.25) is 5.02 Å². The monoisotopic (exact) mass is 495 g/mol. The zero-order chi connectivity index (χ0) is 25.2. The van der Waals surface area contributed by atoms with Crippen molar-refractivity contribution in [3.8, 4) is 28.3 Å². The Labute approximate surface area is 199 Å². The van der Waals surface area contributed by atoms with Gasteiger partial charge in [0.05, 0.1) is 13.3 Å². The number of nitrogens with zero attached hydrogens (tertiary/aromatic N) is 3. The first-order chi connectivity index (χ1) is 15.9. The molecule has 0 amide bonds. The Balaban J connectivity index is 2.15. The van der Waals surface area contributed by atoms with Gasteiger partial charge in [0, 0.05) is 22.2 Å². The van der Waals surface area contributed by atoms with Crippen LogP contribution in [0.3, 0.4) is 0 Å². The van der Waals surface area contributed by atoms with Gasteiger partial charge >= 0.3 is 12.4 Å². The molecule has 3 aromatic rings. The number of rotatable bonds is 7. The van der Waals surface area contributed by atoms with E-state index in [-0.39, 0.29) is 17.2 Å². The summed E-state index contributed by atoms with van der Waals surface area (Å²) >= 11 is 6.18. The van der Waals surface area contributed by atoms with Crippen molar-refractivity contribution in [1.82, 2.24) is 14.8 Å². The van der Waals surface area contributed by atoms with Crippen molar-refractivity contribution in [2.45, 2.75) is 52.2 Å². The molecule has 0 aliphatic heterocycles. The fraction of sp³-hybridized carbons (Fsp3) is 0.391. The molecule has 8 nitrogen and oxygen atoms in total. The summed E-state index contributed by atoms with van der Waals surface area (Å²) in [6.45, 7) is 6.97. The molecule has 0 saturated heterocycles. The zero-order valence-electron chi connectivity index (χ0n) is 19.3. The summed E-state index contributed by atoms with van der Waals surface area (Å²) in [6, 6.07) is 4.95. The number of alkyl halides is 2.